The van der Waals surface area contributed by atoms with Crippen LogP contribution in [0.1, 0.15) is 55.1 Å². The number of H-pyrrole nitrogens is 1. The van der Waals surface area contributed by atoms with Gasteiger partial charge in [-0.25, -0.2) is 4.79 Å². The SMILES string of the molecule is CCOC(=O)/C=C/C(CC1CCCNC1=O)NC(=O)CCC(=O)c1ccc(-c2ccccc2C(F)(F)F)[nH]1. The van der Waals surface area contributed by atoms with Gasteiger partial charge in [0, 0.05) is 48.7 Å². The highest BCUT2D eigenvalue weighted by atomic mass is 19.4. The van der Waals surface area contributed by atoms with E-state index in [1.165, 1.54) is 42.5 Å². The van der Waals surface area contributed by atoms with Crippen LogP contribution >= 0.6 is 0 Å². The number of rotatable bonds is 11. The fourth-order valence-corrected chi connectivity index (χ4v) is 4.26. The minimum absolute atomic E-state index is 0.0835. The number of piperidine rings is 1. The molecule has 204 valence electrons. The maximum absolute atomic E-state index is 13.3. The van der Waals surface area contributed by atoms with E-state index in [-0.39, 0.29) is 54.6 Å². The first-order chi connectivity index (χ1) is 18.1. The lowest BCUT2D eigenvalue weighted by molar-refractivity contribution is -0.138. The van der Waals surface area contributed by atoms with Gasteiger partial charge in [-0.3, -0.25) is 14.4 Å². The molecule has 0 saturated carbocycles. The van der Waals surface area contributed by atoms with E-state index >= 15 is 0 Å². The molecule has 1 aromatic carbocycles. The minimum Gasteiger partial charge on any atom is -0.463 e. The van der Waals surface area contributed by atoms with Crippen molar-refractivity contribution in [2.45, 2.75) is 51.2 Å². The van der Waals surface area contributed by atoms with Crippen molar-refractivity contribution in [1.29, 1.82) is 0 Å². The molecule has 3 N–H and O–H groups in total. The smallest absolute Gasteiger partial charge is 0.417 e. The Morgan fingerprint density at radius 1 is 1.16 bits per heavy atom. The number of Topliss-reactive ketones (excluding diaryl/α,β-unsaturated/α-hetero) is 1. The van der Waals surface area contributed by atoms with Crippen LogP contribution in [0.25, 0.3) is 11.3 Å². The highest BCUT2D eigenvalue weighted by Crippen LogP contribution is 2.36. The summed E-state index contributed by atoms with van der Waals surface area (Å²) in [6.45, 7) is 2.45. The van der Waals surface area contributed by atoms with Crippen LogP contribution in [-0.4, -0.2) is 47.7 Å². The molecule has 2 atom stereocenters. The number of benzene rings is 1. The van der Waals surface area contributed by atoms with E-state index in [9.17, 15) is 32.3 Å². The van der Waals surface area contributed by atoms with E-state index in [2.05, 4.69) is 15.6 Å². The van der Waals surface area contributed by atoms with Crippen molar-refractivity contribution in [3.8, 4) is 11.3 Å². The number of ether oxygens (including phenoxy) is 1. The third-order valence-electron chi connectivity index (χ3n) is 6.12. The summed E-state index contributed by atoms with van der Waals surface area (Å²) in [6, 6.07) is 7.18. The second-order valence-corrected chi connectivity index (χ2v) is 8.90. The predicted molar refractivity (Wildman–Crippen MR) is 133 cm³/mol. The molecule has 2 unspecified atom stereocenters. The molecule has 2 heterocycles. The van der Waals surface area contributed by atoms with Crippen LogP contribution in [0, 0.1) is 5.92 Å². The molecule has 8 nitrogen and oxygen atoms in total. The van der Waals surface area contributed by atoms with E-state index in [0.29, 0.717) is 13.0 Å². The average molecular weight is 534 g/mol. The number of ketones is 1. The number of carbonyl (C=O) groups is 4. The summed E-state index contributed by atoms with van der Waals surface area (Å²) in [5.74, 6) is -1.95. The Morgan fingerprint density at radius 3 is 2.63 bits per heavy atom. The van der Waals surface area contributed by atoms with Gasteiger partial charge < -0.3 is 20.4 Å². The average Bonchev–Trinajstić information content (AvgIpc) is 3.37. The number of aromatic amines is 1. The third-order valence-corrected chi connectivity index (χ3v) is 6.12. The van der Waals surface area contributed by atoms with Gasteiger partial charge >= 0.3 is 12.1 Å². The molecular weight excluding hydrogens is 503 g/mol. The van der Waals surface area contributed by atoms with Crippen molar-refractivity contribution in [3.05, 3.63) is 59.8 Å². The fraction of sp³-hybridized carbons (Fsp3) is 0.407. The summed E-state index contributed by atoms with van der Waals surface area (Å²) in [5.41, 5.74) is -0.684. The van der Waals surface area contributed by atoms with E-state index in [0.717, 1.165) is 12.5 Å². The summed E-state index contributed by atoms with van der Waals surface area (Å²) < 4.78 is 44.9. The van der Waals surface area contributed by atoms with E-state index in [1.807, 2.05) is 0 Å². The molecule has 0 aliphatic carbocycles. The lowest BCUT2D eigenvalue weighted by Gasteiger charge is -2.25. The topological polar surface area (TPSA) is 117 Å². The van der Waals surface area contributed by atoms with Crippen LogP contribution < -0.4 is 10.6 Å². The number of hydrogen-bond donors (Lipinski definition) is 3. The molecular formula is C27H30F3N3O5. The van der Waals surface area contributed by atoms with Crippen LogP contribution in [0.2, 0.25) is 0 Å². The fourth-order valence-electron chi connectivity index (χ4n) is 4.26. The second kappa shape index (κ2) is 13.1. The second-order valence-electron chi connectivity index (χ2n) is 8.90. The Bertz CT molecular complexity index is 1190. The molecule has 1 aliphatic rings. The lowest BCUT2D eigenvalue weighted by atomic mass is 9.91. The van der Waals surface area contributed by atoms with Crippen molar-refractivity contribution in [2.75, 3.05) is 13.2 Å². The largest absolute Gasteiger partial charge is 0.463 e. The third kappa shape index (κ3) is 8.06. The van der Waals surface area contributed by atoms with Crippen LogP contribution in [0.15, 0.2) is 48.6 Å². The molecule has 1 saturated heterocycles. The Morgan fingerprint density at radius 2 is 1.92 bits per heavy atom. The van der Waals surface area contributed by atoms with Crippen molar-refractivity contribution < 1.29 is 37.1 Å². The van der Waals surface area contributed by atoms with Gasteiger partial charge in [0.05, 0.1) is 17.9 Å². The van der Waals surface area contributed by atoms with Crippen LogP contribution in [0.3, 0.4) is 0 Å². The van der Waals surface area contributed by atoms with Gasteiger partial charge in [0.1, 0.15) is 0 Å². The number of aromatic nitrogens is 1. The monoisotopic (exact) mass is 533 g/mol. The van der Waals surface area contributed by atoms with Gasteiger partial charge in [-0.2, -0.15) is 13.2 Å². The number of hydrogen-bond acceptors (Lipinski definition) is 5. The maximum atomic E-state index is 13.3. The highest BCUT2D eigenvalue weighted by Gasteiger charge is 2.33. The number of nitrogens with one attached hydrogen (secondary N) is 3. The molecule has 38 heavy (non-hydrogen) atoms. The Labute approximate surface area is 218 Å². The Balaban J connectivity index is 1.62. The van der Waals surface area contributed by atoms with E-state index in [4.69, 9.17) is 4.74 Å². The summed E-state index contributed by atoms with van der Waals surface area (Å²) in [4.78, 5) is 51.9. The zero-order chi connectivity index (χ0) is 27.7. The number of amides is 2. The van der Waals surface area contributed by atoms with E-state index < -0.39 is 35.4 Å². The zero-order valence-electron chi connectivity index (χ0n) is 20.9. The summed E-state index contributed by atoms with van der Waals surface area (Å²) in [6.07, 6.45) is -0.539. The molecule has 2 aromatic rings. The number of esters is 1. The lowest BCUT2D eigenvalue weighted by Crippen LogP contribution is -2.42. The first kappa shape index (κ1) is 28.7. The van der Waals surface area contributed by atoms with Gasteiger partial charge in [0.15, 0.2) is 5.78 Å². The van der Waals surface area contributed by atoms with Gasteiger partial charge in [-0.1, -0.05) is 24.3 Å². The van der Waals surface area contributed by atoms with Gasteiger partial charge in [0.2, 0.25) is 11.8 Å². The van der Waals surface area contributed by atoms with Crippen LogP contribution in [0.4, 0.5) is 13.2 Å². The maximum Gasteiger partial charge on any atom is 0.417 e. The zero-order valence-corrected chi connectivity index (χ0v) is 20.9. The van der Waals surface area contributed by atoms with Gasteiger partial charge in [0.25, 0.3) is 0 Å². The van der Waals surface area contributed by atoms with Crippen molar-refractivity contribution in [2.24, 2.45) is 5.92 Å². The Kier molecular flexibility index (Phi) is 9.86. The van der Waals surface area contributed by atoms with Crippen LogP contribution in [0.5, 0.6) is 0 Å². The summed E-state index contributed by atoms with van der Waals surface area (Å²) in [7, 11) is 0. The molecule has 1 aromatic heterocycles. The summed E-state index contributed by atoms with van der Waals surface area (Å²) >= 11 is 0. The van der Waals surface area contributed by atoms with E-state index in [1.54, 1.807) is 6.92 Å². The first-order valence-electron chi connectivity index (χ1n) is 12.4. The summed E-state index contributed by atoms with van der Waals surface area (Å²) in [5, 5.41) is 5.53. The van der Waals surface area contributed by atoms with Gasteiger partial charge in [-0.15, -0.1) is 0 Å². The first-order valence-corrected chi connectivity index (χ1v) is 12.4. The molecule has 11 heteroatoms. The van der Waals surface area contributed by atoms with Crippen LogP contribution in [-0.2, 0) is 25.3 Å². The molecule has 0 bridgehead atoms. The molecule has 3 rings (SSSR count). The molecule has 1 aliphatic heterocycles. The number of halogens is 3. The van der Waals surface area contributed by atoms with Gasteiger partial charge in [-0.05, 0) is 44.4 Å². The normalized spacial score (nSPS) is 16.6. The van der Waals surface area contributed by atoms with Crippen molar-refractivity contribution in [1.82, 2.24) is 15.6 Å². The Hall–Kier alpha value is -3.89. The number of alkyl halides is 3. The standard InChI is InChI=1S/C27H30F3N3O5/c1-2-38-25(36)14-9-18(16-17-6-5-15-31-26(17)37)32-24(35)13-12-23(34)22-11-10-21(33-22)19-7-3-4-8-20(19)27(28,29)30/h3-4,7-11,14,17-18,33H,2,5-6,12-13,15-16H2,1H3,(H,31,37)(H,32,35)/b14-9+. The highest BCUT2D eigenvalue weighted by molar-refractivity contribution is 5.97. The molecule has 0 radical (unpaired) electrons. The molecule has 1 fully saturated rings. The molecule has 2 amide bonds. The molecule has 0 spiro atoms. The number of carbonyl (C=O) groups excluding carboxylic acids is 4. The minimum atomic E-state index is -4.56. The van der Waals surface area contributed by atoms with Crippen molar-refractivity contribution >= 4 is 23.6 Å². The van der Waals surface area contributed by atoms with Crippen molar-refractivity contribution in [3.63, 3.8) is 0 Å². The predicted octanol–water partition coefficient (Wildman–Crippen LogP) is 4.18. The quantitative estimate of drug-likeness (QED) is 0.228.